The summed E-state index contributed by atoms with van der Waals surface area (Å²) in [6, 6.07) is 3.11. The summed E-state index contributed by atoms with van der Waals surface area (Å²) in [5.41, 5.74) is 5.68. The quantitative estimate of drug-likeness (QED) is 0.829. The number of ether oxygens (including phenoxy) is 2. The Labute approximate surface area is 104 Å². The van der Waals surface area contributed by atoms with E-state index in [1.165, 1.54) is 20.1 Å². The van der Waals surface area contributed by atoms with Crippen molar-refractivity contribution in [3.05, 3.63) is 22.7 Å². The van der Waals surface area contributed by atoms with Gasteiger partial charge in [-0.05, 0) is 24.6 Å². The lowest BCUT2D eigenvalue weighted by atomic mass is 10.2. The number of methoxy groups -OCH3 is 1. The predicted octanol–water partition coefficient (Wildman–Crippen LogP) is 1.09. The fourth-order valence-corrected chi connectivity index (χ4v) is 1.49. The highest BCUT2D eigenvalue weighted by molar-refractivity contribution is 6.32. The Kier molecular flexibility index (Phi) is 4.60. The standard InChI is InChI=1S/C11H14ClNO4/c1-6(11(13)15)17-10-8(12)3-7(5-14)4-9(10)16-2/h3-4,6,14H,5H2,1-2H3,(H2,13,15). The first-order valence-corrected chi connectivity index (χ1v) is 5.30. The number of primary amides is 1. The van der Waals surface area contributed by atoms with Gasteiger partial charge in [0.15, 0.2) is 17.6 Å². The van der Waals surface area contributed by atoms with Crippen molar-refractivity contribution in [3.8, 4) is 11.5 Å². The van der Waals surface area contributed by atoms with Crippen LogP contribution in [0, 0.1) is 0 Å². The number of amides is 1. The molecule has 1 aromatic rings. The molecule has 0 radical (unpaired) electrons. The number of halogens is 1. The van der Waals surface area contributed by atoms with Crippen LogP contribution in [0.5, 0.6) is 11.5 Å². The van der Waals surface area contributed by atoms with Crippen molar-refractivity contribution >= 4 is 17.5 Å². The van der Waals surface area contributed by atoms with Gasteiger partial charge in [0, 0.05) is 0 Å². The van der Waals surface area contributed by atoms with Gasteiger partial charge in [0.05, 0.1) is 18.7 Å². The lowest BCUT2D eigenvalue weighted by molar-refractivity contribution is -0.124. The summed E-state index contributed by atoms with van der Waals surface area (Å²) < 4.78 is 10.4. The number of hydrogen-bond donors (Lipinski definition) is 2. The monoisotopic (exact) mass is 259 g/mol. The summed E-state index contributed by atoms with van der Waals surface area (Å²) in [5.74, 6) is -0.0262. The third-order valence-corrected chi connectivity index (χ3v) is 2.45. The first-order chi connectivity index (χ1) is 7.99. The van der Waals surface area contributed by atoms with Crippen LogP contribution in [-0.2, 0) is 11.4 Å². The number of aliphatic hydroxyl groups excluding tert-OH is 1. The summed E-state index contributed by atoms with van der Waals surface area (Å²) in [6.45, 7) is 1.35. The highest BCUT2D eigenvalue weighted by Crippen LogP contribution is 2.37. The van der Waals surface area contributed by atoms with Gasteiger partial charge in [0.2, 0.25) is 0 Å². The van der Waals surface area contributed by atoms with Crippen molar-refractivity contribution in [1.29, 1.82) is 0 Å². The molecule has 0 bridgehead atoms. The van der Waals surface area contributed by atoms with E-state index in [2.05, 4.69) is 0 Å². The van der Waals surface area contributed by atoms with Gasteiger partial charge in [-0.3, -0.25) is 4.79 Å². The minimum atomic E-state index is -0.818. The van der Waals surface area contributed by atoms with Crippen LogP contribution in [0.1, 0.15) is 12.5 Å². The van der Waals surface area contributed by atoms with E-state index in [0.29, 0.717) is 11.3 Å². The average molecular weight is 260 g/mol. The predicted molar refractivity (Wildman–Crippen MR) is 63.2 cm³/mol. The van der Waals surface area contributed by atoms with Crippen LogP contribution in [0.4, 0.5) is 0 Å². The Bertz CT molecular complexity index is 422. The number of rotatable bonds is 5. The van der Waals surface area contributed by atoms with E-state index in [1.807, 2.05) is 0 Å². The van der Waals surface area contributed by atoms with E-state index >= 15 is 0 Å². The van der Waals surface area contributed by atoms with Gasteiger partial charge < -0.3 is 20.3 Å². The molecule has 1 rings (SSSR count). The molecule has 1 aromatic carbocycles. The molecule has 1 amide bonds. The molecule has 94 valence electrons. The first-order valence-electron chi connectivity index (χ1n) is 4.92. The van der Waals surface area contributed by atoms with E-state index in [4.69, 9.17) is 31.9 Å². The molecule has 0 aliphatic carbocycles. The molecule has 6 heteroatoms. The number of carbonyl (C=O) groups excluding carboxylic acids is 1. The van der Waals surface area contributed by atoms with Crippen molar-refractivity contribution in [1.82, 2.24) is 0 Å². The van der Waals surface area contributed by atoms with Gasteiger partial charge >= 0.3 is 0 Å². The maximum absolute atomic E-state index is 10.9. The van der Waals surface area contributed by atoms with E-state index < -0.39 is 12.0 Å². The van der Waals surface area contributed by atoms with E-state index in [9.17, 15) is 4.79 Å². The number of nitrogens with two attached hydrogens (primary N) is 1. The second-order valence-electron chi connectivity index (χ2n) is 3.43. The Morgan fingerprint density at radius 2 is 2.24 bits per heavy atom. The van der Waals surface area contributed by atoms with Gasteiger partial charge in [-0.25, -0.2) is 0 Å². The summed E-state index contributed by atoms with van der Waals surface area (Å²) in [6.07, 6.45) is -0.818. The molecule has 1 unspecified atom stereocenters. The van der Waals surface area contributed by atoms with E-state index in [-0.39, 0.29) is 17.4 Å². The summed E-state index contributed by atoms with van der Waals surface area (Å²) >= 11 is 5.97. The van der Waals surface area contributed by atoms with Crippen molar-refractivity contribution in [2.24, 2.45) is 5.73 Å². The molecule has 0 saturated carbocycles. The molecule has 0 aliphatic heterocycles. The first kappa shape index (κ1) is 13.6. The largest absolute Gasteiger partial charge is 0.493 e. The van der Waals surface area contributed by atoms with Crippen LogP contribution < -0.4 is 15.2 Å². The van der Waals surface area contributed by atoms with E-state index in [1.54, 1.807) is 6.07 Å². The highest BCUT2D eigenvalue weighted by Gasteiger charge is 2.17. The number of aliphatic hydroxyl groups is 1. The summed E-state index contributed by atoms with van der Waals surface area (Å²) in [5, 5.41) is 9.27. The molecule has 3 N–H and O–H groups in total. The van der Waals surface area contributed by atoms with Crippen LogP contribution in [0.15, 0.2) is 12.1 Å². The maximum atomic E-state index is 10.9. The second kappa shape index (κ2) is 5.75. The lowest BCUT2D eigenvalue weighted by Gasteiger charge is -2.16. The molecule has 0 aromatic heterocycles. The molecule has 1 atom stereocenters. The minimum absolute atomic E-state index is 0.165. The molecule has 0 aliphatic rings. The Morgan fingerprint density at radius 1 is 1.59 bits per heavy atom. The maximum Gasteiger partial charge on any atom is 0.258 e. The van der Waals surface area contributed by atoms with Crippen LogP contribution in [0.25, 0.3) is 0 Å². The third kappa shape index (κ3) is 3.25. The smallest absolute Gasteiger partial charge is 0.258 e. The molecule has 0 saturated heterocycles. The number of benzene rings is 1. The van der Waals surface area contributed by atoms with Crippen LogP contribution in [0.3, 0.4) is 0 Å². The summed E-state index contributed by atoms with van der Waals surface area (Å²) in [4.78, 5) is 10.9. The van der Waals surface area contributed by atoms with Gasteiger partial charge in [0.25, 0.3) is 5.91 Å². The molecule has 0 spiro atoms. The average Bonchev–Trinajstić information content (AvgIpc) is 2.30. The van der Waals surface area contributed by atoms with Crippen molar-refractivity contribution < 1.29 is 19.4 Å². The number of carbonyl (C=O) groups is 1. The van der Waals surface area contributed by atoms with Gasteiger partial charge in [-0.15, -0.1) is 0 Å². The lowest BCUT2D eigenvalue weighted by Crippen LogP contribution is -2.30. The zero-order valence-electron chi connectivity index (χ0n) is 9.57. The zero-order chi connectivity index (χ0) is 13.0. The highest BCUT2D eigenvalue weighted by atomic mass is 35.5. The molecular weight excluding hydrogens is 246 g/mol. The Morgan fingerprint density at radius 3 is 2.71 bits per heavy atom. The van der Waals surface area contributed by atoms with Crippen molar-refractivity contribution in [2.75, 3.05) is 7.11 Å². The molecule has 0 fully saturated rings. The van der Waals surface area contributed by atoms with Gasteiger partial charge in [-0.1, -0.05) is 11.6 Å². The van der Waals surface area contributed by atoms with Gasteiger partial charge in [0.1, 0.15) is 0 Å². The Hall–Kier alpha value is -1.46. The van der Waals surface area contributed by atoms with Crippen LogP contribution in [0.2, 0.25) is 5.02 Å². The summed E-state index contributed by atoms with van der Waals surface area (Å²) in [7, 11) is 1.44. The van der Waals surface area contributed by atoms with E-state index in [0.717, 1.165) is 0 Å². The van der Waals surface area contributed by atoms with Crippen molar-refractivity contribution in [2.45, 2.75) is 19.6 Å². The second-order valence-corrected chi connectivity index (χ2v) is 3.84. The van der Waals surface area contributed by atoms with Gasteiger partial charge in [-0.2, -0.15) is 0 Å². The number of hydrogen-bond acceptors (Lipinski definition) is 4. The van der Waals surface area contributed by atoms with Crippen LogP contribution >= 0.6 is 11.6 Å². The molecule has 0 heterocycles. The molecule has 17 heavy (non-hydrogen) atoms. The molecular formula is C11H14ClNO4. The fraction of sp³-hybridized carbons (Fsp3) is 0.364. The third-order valence-electron chi connectivity index (χ3n) is 2.17. The minimum Gasteiger partial charge on any atom is -0.493 e. The normalized spacial score (nSPS) is 12.0. The SMILES string of the molecule is COc1cc(CO)cc(Cl)c1OC(C)C(N)=O. The molecule has 5 nitrogen and oxygen atoms in total. The zero-order valence-corrected chi connectivity index (χ0v) is 10.3. The fourth-order valence-electron chi connectivity index (χ4n) is 1.21. The Balaban J connectivity index is 3.09. The topological polar surface area (TPSA) is 81.8 Å². The van der Waals surface area contributed by atoms with Crippen LogP contribution in [-0.4, -0.2) is 24.2 Å². The van der Waals surface area contributed by atoms with Crippen molar-refractivity contribution in [3.63, 3.8) is 0 Å².